The highest BCUT2D eigenvalue weighted by Crippen LogP contribution is 2.37. The molecule has 2 aromatic carbocycles. The van der Waals surface area contributed by atoms with E-state index in [0.717, 1.165) is 6.29 Å². The molecule has 0 aliphatic carbocycles. The highest BCUT2D eigenvalue weighted by Gasteiger charge is 2.52. The van der Waals surface area contributed by atoms with Gasteiger partial charge in [0, 0.05) is 10.6 Å². The molecule has 1 saturated heterocycles. The normalized spacial score (nSPS) is 18.2. The predicted octanol–water partition coefficient (Wildman–Crippen LogP) is 4.24. The summed E-state index contributed by atoms with van der Waals surface area (Å²) in [4.78, 5) is 11.4. The molecule has 6 heteroatoms. The van der Waals surface area contributed by atoms with Crippen molar-refractivity contribution >= 4 is 30.5 Å². The number of carbonyl (C=O) groups excluding carboxylic acids is 1. The van der Waals surface area contributed by atoms with Gasteiger partial charge in [0.2, 0.25) is 0 Å². The maximum Gasteiger partial charge on any atom is 0.495 e. The van der Waals surface area contributed by atoms with Gasteiger partial charge in [-0.3, -0.25) is 4.79 Å². The molecule has 0 radical (unpaired) electrons. The van der Waals surface area contributed by atoms with Crippen LogP contribution in [0.25, 0.3) is 0 Å². The van der Waals surface area contributed by atoms with Gasteiger partial charge in [0.05, 0.1) is 11.2 Å². The summed E-state index contributed by atoms with van der Waals surface area (Å²) in [6.45, 7) is 7.90. The second-order valence-corrected chi connectivity index (χ2v) is 7.49. The lowest BCUT2D eigenvalue weighted by atomic mass is 9.76. The van der Waals surface area contributed by atoms with Crippen LogP contribution in [0.5, 0.6) is 11.5 Å². The van der Waals surface area contributed by atoms with Gasteiger partial charge in [0.25, 0.3) is 0 Å². The summed E-state index contributed by atoms with van der Waals surface area (Å²) in [5, 5.41) is 0.640. The third-order valence-corrected chi connectivity index (χ3v) is 4.99. The highest BCUT2D eigenvalue weighted by molar-refractivity contribution is 6.63. The van der Waals surface area contributed by atoms with Crippen LogP contribution in [0.15, 0.2) is 42.5 Å². The fourth-order valence-electron chi connectivity index (χ4n) is 2.54. The molecule has 4 nitrogen and oxygen atoms in total. The van der Waals surface area contributed by atoms with Crippen LogP contribution in [0.4, 0.5) is 0 Å². The van der Waals surface area contributed by atoms with Crippen LogP contribution in [0.2, 0.25) is 5.02 Å². The maximum atomic E-state index is 11.4. The van der Waals surface area contributed by atoms with Crippen LogP contribution in [-0.2, 0) is 9.31 Å². The first-order valence-electron chi connectivity index (χ1n) is 8.10. The zero-order chi connectivity index (χ0) is 18.2. The predicted molar refractivity (Wildman–Crippen MR) is 99.1 cm³/mol. The first-order chi connectivity index (χ1) is 11.7. The molecule has 25 heavy (non-hydrogen) atoms. The molecule has 3 rings (SSSR count). The van der Waals surface area contributed by atoms with Crippen LogP contribution in [0, 0.1) is 0 Å². The molecule has 1 aliphatic rings. The van der Waals surface area contributed by atoms with Crippen molar-refractivity contribution in [3.63, 3.8) is 0 Å². The van der Waals surface area contributed by atoms with Crippen molar-refractivity contribution in [2.24, 2.45) is 0 Å². The fourth-order valence-corrected chi connectivity index (χ4v) is 2.66. The molecule has 0 N–H and O–H groups in total. The Bertz CT molecular complexity index is 771. The van der Waals surface area contributed by atoms with Gasteiger partial charge in [0.15, 0.2) is 0 Å². The number of aldehydes is 1. The minimum Gasteiger partial charge on any atom is -0.457 e. The molecule has 130 valence electrons. The molecule has 1 fully saturated rings. The number of carbonyl (C=O) groups is 1. The lowest BCUT2D eigenvalue weighted by Gasteiger charge is -2.32. The fraction of sp³-hybridized carbons (Fsp3) is 0.316. The number of hydrogen-bond donors (Lipinski definition) is 0. The summed E-state index contributed by atoms with van der Waals surface area (Å²) in [6.07, 6.45) is 0.798. The average Bonchev–Trinajstić information content (AvgIpc) is 2.77. The number of rotatable bonds is 4. The Morgan fingerprint density at radius 1 is 0.960 bits per heavy atom. The van der Waals surface area contributed by atoms with E-state index in [1.165, 1.54) is 0 Å². The monoisotopic (exact) mass is 358 g/mol. The van der Waals surface area contributed by atoms with E-state index in [4.69, 9.17) is 25.6 Å². The van der Waals surface area contributed by atoms with E-state index in [9.17, 15) is 4.79 Å². The van der Waals surface area contributed by atoms with E-state index < -0.39 is 18.3 Å². The van der Waals surface area contributed by atoms with E-state index in [2.05, 4.69) is 0 Å². The number of benzene rings is 2. The van der Waals surface area contributed by atoms with Crippen LogP contribution < -0.4 is 10.2 Å². The number of halogens is 1. The SMILES string of the molecule is CC1(C)OB(c2cc(Oc3ccc(Cl)cc3)ccc2C=O)OC1(C)C. The van der Waals surface area contributed by atoms with Crippen LogP contribution in [-0.4, -0.2) is 24.6 Å². The lowest BCUT2D eigenvalue weighted by Crippen LogP contribution is -2.41. The Morgan fingerprint density at radius 2 is 1.52 bits per heavy atom. The highest BCUT2D eigenvalue weighted by atomic mass is 35.5. The van der Waals surface area contributed by atoms with Gasteiger partial charge in [-0.15, -0.1) is 0 Å². The minimum absolute atomic E-state index is 0.481. The molecule has 0 amide bonds. The first-order valence-corrected chi connectivity index (χ1v) is 8.48. The molecular formula is C19H20BClO4. The molecule has 1 aliphatic heterocycles. The first kappa shape index (κ1) is 18.0. The largest absolute Gasteiger partial charge is 0.495 e. The molecule has 0 atom stereocenters. The van der Waals surface area contributed by atoms with E-state index >= 15 is 0 Å². The van der Waals surface area contributed by atoms with Crippen molar-refractivity contribution in [2.75, 3.05) is 0 Å². The van der Waals surface area contributed by atoms with Crippen molar-refractivity contribution in [3.05, 3.63) is 53.1 Å². The zero-order valence-electron chi connectivity index (χ0n) is 14.7. The van der Waals surface area contributed by atoms with Crippen LogP contribution >= 0.6 is 11.6 Å². The lowest BCUT2D eigenvalue weighted by molar-refractivity contribution is 0.00578. The van der Waals surface area contributed by atoms with E-state index in [-0.39, 0.29) is 0 Å². The van der Waals surface area contributed by atoms with Crippen LogP contribution in [0.3, 0.4) is 0 Å². The minimum atomic E-state index is -0.626. The van der Waals surface area contributed by atoms with E-state index in [0.29, 0.717) is 27.5 Å². The second kappa shape index (κ2) is 6.48. The summed E-state index contributed by atoms with van der Waals surface area (Å²) in [5.74, 6) is 1.25. The third-order valence-electron chi connectivity index (χ3n) is 4.74. The standard InChI is InChI=1S/C19H20BClO4/c1-18(2)19(3,4)25-20(24-18)17-11-16(8-5-13(17)12-22)23-15-9-6-14(21)7-10-15/h5-12H,1-4H3. The Morgan fingerprint density at radius 3 is 2.08 bits per heavy atom. The molecule has 1 heterocycles. The van der Waals surface area contributed by atoms with E-state index in [1.807, 2.05) is 27.7 Å². The maximum absolute atomic E-state index is 11.4. The van der Waals surface area contributed by atoms with Gasteiger partial charge in [-0.05, 0) is 75.6 Å². The second-order valence-electron chi connectivity index (χ2n) is 7.05. The Hall–Kier alpha value is -1.82. The summed E-state index contributed by atoms with van der Waals surface area (Å²) in [5.41, 5.74) is 0.206. The van der Waals surface area contributed by atoms with Crippen LogP contribution in [0.1, 0.15) is 38.1 Å². The molecule has 0 aromatic heterocycles. The van der Waals surface area contributed by atoms with Gasteiger partial charge in [-0.1, -0.05) is 11.6 Å². The summed E-state index contributed by atoms with van der Waals surface area (Å²) >= 11 is 5.89. The summed E-state index contributed by atoms with van der Waals surface area (Å²) in [6, 6.07) is 12.3. The van der Waals surface area contributed by atoms with Gasteiger partial charge in [-0.25, -0.2) is 0 Å². The Balaban J connectivity index is 1.91. The Labute approximate surface area is 153 Å². The van der Waals surface area contributed by atoms with Crippen molar-refractivity contribution in [1.82, 2.24) is 0 Å². The topological polar surface area (TPSA) is 44.8 Å². The van der Waals surface area contributed by atoms with Crippen molar-refractivity contribution < 1.29 is 18.8 Å². The van der Waals surface area contributed by atoms with Gasteiger partial charge < -0.3 is 14.0 Å². The molecular weight excluding hydrogens is 338 g/mol. The van der Waals surface area contributed by atoms with Crippen molar-refractivity contribution in [3.8, 4) is 11.5 Å². The number of ether oxygens (including phenoxy) is 1. The smallest absolute Gasteiger partial charge is 0.457 e. The van der Waals surface area contributed by atoms with Gasteiger partial charge in [0.1, 0.15) is 17.8 Å². The molecule has 0 unspecified atom stereocenters. The van der Waals surface area contributed by atoms with E-state index in [1.54, 1.807) is 42.5 Å². The van der Waals surface area contributed by atoms with Crippen molar-refractivity contribution in [1.29, 1.82) is 0 Å². The third kappa shape index (κ3) is 3.59. The van der Waals surface area contributed by atoms with Gasteiger partial charge in [-0.2, -0.15) is 0 Å². The van der Waals surface area contributed by atoms with Crippen molar-refractivity contribution in [2.45, 2.75) is 38.9 Å². The summed E-state index contributed by atoms with van der Waals surface area (Å²) < 4.78 is 18.0. The quantitative estimate of drug-likeness (QED) is 0.605. The molecule has 0 saturated carbocycles. The zero-order valence-corrected chi connectivity index (χ0v) is 15.5. The molecule has 0 bridgehead atoms. The summed E-state index contributed by atoms with van der Waals surface area (Å²) in [7, 11) is -0.626. The molecule has 0 spiro atoms. The molecule has 2 aromatic rings. The average molecular weight is 359 g/mol. The van der Waals surface area contributed by atoms with Gasteiger partial charge >= 0.3 is 7.12 Å². The number of hydrogen-bond acceptors (Lipinski definition) is 4. The Kier molecular flexibility index (Phi) is 4.67.